The lowest BCUT2D eigenvalue weighted by Gasteiger charge is -2.02. The van der Waals surface area contributed by atoms with Crippen molar-refractivity contribution in [2.24, 2.45) is 0 Å². The summed E-state index contributed by atoms with van der Waals surface area (Å²) >= 11 is 0. The van der Waals surface area contributed by atoms with E-state index in [1.54, 1.807) is 6.07 Å². The second kappa shape index (κ2) is 3.99. The summed E-state index contributed by atoms with van der Waals surface area (Å²) in [5.74, 6) is -0.355. The summed E-state index contributed by atoms with van der Waals surface area (Å²) in [6.07, 6.45) is 1.46. The minimum absolute atomic E-state index is 0.0362. The summed E-state index contributed by atoms with van der Waals surface area (Å²) in [5, 5.41) is 8.87. The van der Waals surface area contributed by atoms with E-state index >= 15 is 0 Å². The third kappa shape index (κ3) is 1.71. The molecule has 0 amide bonds. The SMILES string of the molecule is N#Cc1c(-c2ccc(F)cc2)cc[nH]c1=O. The van der Waals surface area contributed by atoms with E-state index in [9.17, 15) is 9.18 Å². The average Bonchev–Trinajstić information content (AvgIpc) is 2.30. The van der Waals surface area contributed by atoms with Gasteiger partial charge in [-0.25, -0.2) is 4.39 Å². The van der Waals surface area contributed by atoms with Crippen molar-refractivity contribution in [3.63, 3.8) is 0 Å². The van der Waals surface area contributed by atoms with E-state index < -0.39 is 5.56 Å². The minimum atomic E-state index is -0.440. The molecule has 78 valence electrons. The van der Waals surface area contributed by atoms with Crippen LogP contribution in [-0.2, 0) is 0 Å². The zero-order valence-electron chi connectivity index (χ0n) is 8.20. The van der Waals surface area contributed by atoms with Gasteiger partial charge in [-0.15, -0.1) is 0 Å². The number of nitrogens with zero attached hydrogens (tertiary/aromatic N) is 1. The zero-order chi connectivity index (χ0) is 11.5. The average molecular weight is 214 g/mol. The standard InChI is InChI=1S/C12H7FN2O/c13-9-3-1-8(2-4-9)10-5-6-15-12(16)11(10)7-14/h1-6H,(H,15,16). The molecule has 1 heterocycles. The molecule has 4 heteroatoms. The van der Waals surface area contributed by atoms with Gasteiger partial charge < -0.3 is 4.98 Å². The second-order valence-corrected chi connectivity index (χ2v) is 3.21. The molecule has 0 saturated carbocycles. The molecule has 0 aliphatic carbocycles. The molecule has 0 atom stereocenters. The van der Waals surface area contributed by atoms with Crippen LogP contribution in [0, 0.1) is 17.1 Å². The number of aromatic nitrogens is 1. The van der Waals surface area contributed by atoms with E-state index in [2.05, 4.69) is 4.98 Å². The van der Waals surface area contributed by atoms with Gasteiger partial charge in [-0.3, -0.25) is 4.79 Å². The highest BCUT2D eigenvalue weighted by Crippen LogP contribution is 2.20. The van der Waals surface area contributed by atoms with E-state index in [4.69, 9.17) is 5.26 Å². The monoisotopic (exact) mass is 214 g/mol. The van der Waals surface area contributed by atoms with Crippen molar-refractivity contribution in [1.29, 1.82) is 5.26 Å². The molecule has 0 aliphatic rings. The molecule has 0 fully saturated rings. The molecule has 0 bridgehead atoms. The van der Waals surface area contributed by atoms with Crippen molar-refractivity contribution in [3.8, 4) is 17.2 Å². The van der Waals surface area contributed by atoms with Crippen LogP contribution in [0.25, 0.3) is 11.1 Å². The normalized spacial score (nSPS) is 9.75. The summed E-state index contributed by atoms with van der Waals surface area (Å²) in [6.45, 7) is 0. The van der Waals surface area contributed by atoms with Crippen LogP contribution in [0.4, 0.5) is 4.39 Å². The second-order valence-electron chi connectivity index (χ2n) is 3.21. The van der Waals surface area contributed by atoms with E-state index in [-0.39, 0.29) is 11.4 Å². The summed E-state index contributed by atoms with van der Waals surface area (Å²) in [6, 6.07) is 9.10. The predicted molar refractivity (Wildman–Crippen MR) is 57.2 cm³/mol. The number of rotatable bonds is 1. The van der Waals surface area contributed by atoms with Crippen molar-refractivity contribution in [3.05, 3.63) is 58.3 Å². The summed E-state index contributed by atoms with van der Waals surface area (Å²) < 4.78 is 12.7. The number of nitrogens with one attached hydrogen (secondary N) is 1. The fraction of sp³-hybridized carbons (Fsp3) is 0. The maximum Gasteiger partial charge on any atom is 0.266 e. The van der Waals surface area contributed by atoms with Crippen LogP contribution < -0.4 is 5.56 Å². The molecule has 0 saturated heterocycles. The van der Waals surface area contributed by atoms with Crippen molar-refractivity contribution >= 4 is 0 Å². The molecule has 16 heavy (non-hydrogen) atoms. The molecule has 0 unspecified atom stereocenters. The number of benzene rings is 1. The lowest BCUT2D eigenvalue weighted by Crippen LogP contribution is -2.10. The molecule has 0 radical (unpaired) electrons. The first kappa shape index (κ1) is 10.1. The van der Waals surface area contributed by atoms with Crippen LogP contribution in [0.15, 0.2) is 41.3 Å². The number of hydrogen-bond acceptors (Lipinski definition) is 2. The van der Waals surface area contributed by atoms with Gasteiger partial charge in [-0.1, -0.05) is 12.1 Å². The van der Waals surface area contributed by atoms with Crippen LogP contribution in [0.2, 0.25) is 0 Å². The predicted octanol–water partition coefficient (Wildman–Crippen LogP) is 2.05. The van der Waals surface area contributed by atoms with E-state index in [0.29, 0.717) is 11.1 Å². The van der Waals surface area contributed by atoms with Crippen molar-refractivity contribution < 1.29 is 4.39 Å². The fourth-order valence-electron chi connectivity index (χ4n) is 1.46. The van der Waals surface area contributed by atoms with E-state index in [0.717, 1.165) is 0 Å². The van der Waals surface area contributed by atoms with Crippen LogP contribution in [0.5, 0.6) is 0 Å². The third-order valence-corrected chi connectivity index (χ3v) is 2.23. The van der Waals surface area contributed by atoms with Gasteiger partial charge >= 0.3 is 0 Å². The zero-order valence-corrected chi connectivity index (χ0v) is 8.20. The van der Waals surface area contributed by atoms with Gasteiger partial charge in [0.05, 0.1) is 0 Å². The first-order chi connectivity index (χ1) is 7.72. The topological polar surface area (TPSA) is 56.6 Å². The highest BCUT2D eigenvalue weighted by Gasteiger charge is 2.07. The number of aromatic amines is 1. The Labute approximate surface area is 90.8 Å². The number of halogens is 1. The number of pyridine rings is 1. The van der Waals surface area contributed by atoms with Gasteiger partial charge in [0, 0.05) is 11.8 Å². The molecule has 3 nitrogen and oxygen atoms in total. The molecular weight excluding hydrogens is 207 g/mol. The molecule has 0 aliphatic heterocycles. The Hall–Kier alpha value is -2.41. The lowest BCUT2D eigenvalue weighted by atomic mass is 10.0. The fourth-order valence-corrected chi connectivity index (χ4v) is 1.46. The minimum Gasteiger partial charge on any atom is -0.328 e. The Balaban J connectivity index is 2.66. The van der Waals surface area contributed by atoms with Crippen molar-refractivity contribution in [1.82, 2.24) is 4.98 Å². The van der Waals surface area contributed by atoms with E-state index in [1.807, 2.05) is 6.07 Å². The molecular formula is C12H7FN2O. The molecule has 1 aromatic carbocycles. The largest absolute Gasteiger partial charge is 0.328 e. The van der Waals surface area contributed by atoms with E-state index in [1.165, 1.54) is 30.5 Å². The Morgan fingerprint density at radius 3 is 2.50 bits per heavy atom. The highest BCUT2D eigenvalue weighted by molar-refractivity contribution is 5.69. The first-order valence-corrected chi connectivity index (χ1v) is 4.60. The molecule has 1 N–H and O–H groups in total. The molecule has 1 aromatic heterocycles. The summed E-state index contributed by atoms with van der Waals surface area (Å²) in [4.78, 5) is 13.8. The number of hydrogen-bond donors (Lipinski definition) is 1. The van der Waals surface area contributed by atoms with Gasteiger partial charge in [-0.2, -0.15) is 5.26 Å². The van der Waals surface area contributed by atoms with Crippen LogP contribution in [0.1, 0.15) is 5.56 Å². The van der Waals surface area contributed by atoms with Crippen LogP contribution >= 0.6 is 0 Å². The van der Waals surface area contributed by atoms with Gasteiger partial charge in [0.15, 0.2) is 0 Å². The quantitative estimate of drug-likeness (QED) is 0.789. The van der Waals surface area contributed by atoms with Gasteiger partial charge in [-0.05, 0) is 23.8 Å². The highest BCUT2D eigenvalue weighted by atomic mass is 19.1. The lowest BCUT2D eigenvalue weighted by molar-refractivity contribution is 0.628. The maximum atomic E-state index is 12.7. The molecule has 0 spiro atoms. The molecule has 2 rings (SSSR count). The van der Waals surface area contributed by atoms with Crippen molar-refractivity contribution in [2.75, 3.05) is 0 Å². The van der Waals surface area contributed by atoms with Crippen LogP contribution in [0.3, 0.4) is 0 Å². The smallest absolute Gasteiger partial charge is 0.266 e. The Kier molecular flexibility index (Phi) is 2.52. The molecule has 2 aromatic rings. The summed E-state index contributed by atoms with van der Waals surface area (Å²) in [5.41, 5.74) is 0.744. The van der Waals surface area contributed by atoms with Crippen LogP contribution in [-0.4, -0.2) is 4.98 Å². The Bertz CT molecular complexity index is 608. The maximum absolute atomic E-state index is 12.7. The Morgan fingerprint density at radius 2 is 1.88 bits per heavy atom. The third-order valence-electron chi connectivity index (χ3n) is 2.23. The first-order valence-electron chi connectivity index (χ1n) is 4.60. The number of H-pyrrole nitrogens is 1. The Morgan fingerprint density at radius 1 is 1.19 bits per heavy atom. The summed E-state index contributed by atoms with van der Waals surface area (Å²) in [7, 11) is 0. The van der Waals surface area contributed by atoms with Crippen molar-refractivity contribution in [2.45, 2.75) is 0 Å². The van der Waals surface area contributed by atoms with Gasteiger partial charge in [0.2, 0.25) is 0 Å². The number of nitriles is 1. The van der Waals surface area contributed by atoms with Gasteiger partial charge in [0.1, 0.15) is 17.4 Å². The van der Waals surface area contributed by atoms with Gasteiger partial charge in [0.25, 0.3) is 5.56 Å².